The number of para-hydroxylation sites is 1. The van der Waals surface area contributed by atoms with Gasteiger partial charge in [-0.05, 0) is 55.3 Å². The van der Waals surface area contributed by atoms with Crippen LogP contribution in [0.1, 0.15) is 62.1 Å². The van der Waals surface area contributed by atoms with Crippen LogP contribution < -0.4 is 9.80 Å². The lowest BCUT2D eigenvalue weighted by Crippen LogP contribution is -2.46. The summed E-state index contributed by atoms with van der Waals surface area (Å²) < 4.78 is 6.90. The van der Waals surface area contributed by atoms with E-state index < -0.39 is 31.5 Å². The van der Waals surface area contributed by atoms with Crippen molar-refractivity contribution in [1.29, 1.82) is 0 Å². The molecule has 3 amide bonds. The molecule has 3 heterocycles. The van der Waals surface area contributed by atoms with E-state index in [-0.39, 0.29) is 37.3 Å². The van der Waals surface area contributed by atoms with E-state index in [1.165, 1.54) is 0 Å². The van der Waals surface area contributed by atoms with Gasteiger partial charge in [0.1, 0.15) is 0 Å². The number of fused-ring (bicyclic) bond motifs is 2. The van der Waals surface area contributed by atoms with Crippen LogP contribution in [-0.2, 0) is 37.8 Å². The Morgan fingerprint density at radius 1 is 0.959 bits per heavy atom. The van der Waals surface area contributed by atoms with E-state index in [2.05, 4.69) is 0 Å². The number of amides is 3. The Labute approximate surface area is 290 Å². The lowest BCUT2D eigenvalue weighted by Gasteiger charge is -2.32. The molecule has 2 N–H and O–H groups in total. The summed E-state index contributed by atoms with van der Waals surface area (Å²) in [6.45, 7) is 6.99. The standard InChI is InChI=1S/C39H49N3O6Si/c1-28-37(49(2,3)47)34(25-36(45)40(22-23-43)26-29-14-7-6-8-15-29)48-39(28)32-18-10-11-19-33(32)42(38(39)46)27-30-16-13-17-31(24-30)41-21-12-5-4-9-20-35(41)44/h6-8,10-11,13-19,24,28,34,37,43,47H,4-5,9,12,20-23,25-27H2,1-3H3/t28-,34+,37-,39+/m0/s1. The molecular weight excluding hydrogens is 635 g/mol. The fraction of sp³-hybridized carbons (Fsp3) is 0.462. The van der Waals surface area contributed by atoms with Crippen LogP contribution in [0.5, 0.6) is 0 Å². The number of ether oxygens (including phenoxy) is 1. The molecule has 3 aliphatic rings. The van der Waals surface area contributed by atoms with Crippen molar-refractivity contribution >= 4 is 37.4 Å². The zero-order valence-electron chi connectivity index (χ0n) is 28.9. The van der Waals surface area contributed by atoms with Crippen molar-refractivity contribution in [1.82, 2.24) is 4.90 Å². The van der Waals surface area contributed by atoms with E-state index >= 15 is 0 Å². The molecular formula is C39H49N3O6Si. The Balaban J connectivity index is 1.29. The van der Waals surface area contributed by atoms with E-state index in [1.807, 2.05) is 104 Å². The Bertz CT molecular complexity index is 1660. The lowest BCUT2D eigenvalue weighted by atomic mass is 9.82. The summed E-state index contributed by atoms with van der Waals surface area (Å²) in [5, 5.41) is 9.81. The van der Waals surface area contributed by atoms with Crippen molar-refractivity contribution in [2.45, 2.75) is 88.9 Å². The average molecular weight is 684 g/mol. The number of nitrogens with zero attached hydrogens (tertiary/aromatic N) is 3. The van der Waals surface area contributed by atoms with Gasteiger partial charge in [-0.2, -0.15) is 0 Å². The summed E-state index contributed by atoms with van der Waals surface area (Å²) in [6.07, 6.45) is 3.90. The number of aliphatic hydroxyl groups excluding tert-OH is 1. The van der Waals surface area contributed by atoms with Crippen LogP contribution >= 0.6 is 0 Å². The van der Waals surface area contributed by atoms with Crippen LogP contribution in [0.3, 0.4) is 0 Å². The van der Waals surface area contributed by atoms with Gasteiger partial charge in [-0.25, -0.2) is 0 Å². The Morgan fingerprint density at radius 3 is 2.43 bits per heavy atom. The summed E-state index contributed by atoms with van der Waals surface area (Å²) in [7, 11) is -2.98. The summed E-state index contributed by atoms with van der Waals surface area (Å²) >= 11 is 0. The molecule has 0 unspecified atom stereocenters. The van der Waals surface area contributed by atoms with E-state index in [9.17, 15) is 24.3 Å². The first-order chi connectivity index (χ1) is 23.5. The fourth-order valence-corrected chi connectivity index (χ4v) is 10.9. The first kappa shape index (κ1) is 35.0. The maximum atomic E-state index is 14.8. The smallest absolute Gasteiger partial charge is 0.264 e. The summed E-state index contributed by atoms with van der Waals surface area (Å²) in [4.78, 5) is 58.7. The number of aliphatic hydroxyl groups is 1. The van der Waals surface area contributed by atoms with Crippen LogP contribution in [0.2, 0.25) is 18.6 Å². The highest BCUT2D eigenvalue weighted by molar-refractivity contribution is 6.71. The zero-order chi connectivity index (χ0) is 34.8. The Kier molecular flexibility index (Phi) is 10.4. The van der Waals surface area contributed by atoms with Gasteiger partial charge in [0.25, 0.3) is 5.91 Å². The molecule has 0 aromatic heterocycles. The first-order valence-electron chi connectivity index (χ1n) is 17.7. The minimum absolute atomic E-state index is 0.0120. The van der Waals surface area contributed by atoms with Crippen LogP contribution in [0.15, 0.2) is 78.9 Å². The molecule has 3 aromatic carbocycles. The number of hydrogen-bond donors (Lipinski definition) is 2. The van der Waals surface area contributed by atoms with Crippen LogP contribution in [-0.4, -0.2) is 66.6 Å². The summed E-state index contributed by atoms with van der Waals surface area (Å²) in [5.41, 5.74) is 2.43. The molecule has 9 nitrogen and oxygen atoms in total. The molecule has 2 saturated heterocycles. The number of benzene rings is 3. The molecule has 10 heteroatoms. The number of anilines is 2. The molecule has 0 saturated carbocycles. The molecule has 1 spiro atoms. The number of carbonyl (C=O) groups is 3. The van der Waals surface area contributed by atoms with Crippen molar-refractivity contribution in [2.75, 3.05) is 29.5 Å². The zero-order valence-corrected chi connectivity index (χ0v) is 29.9. The van der Waals surface area contributed by atoms with E-state index in [4.69, 9.17) is 4.74 Å². The van der Waals surface area contributed by atoms with Gasteiger partial charge in [0.05, 0.1) is 31.4 Å². The normalized spacial score (nSPS) is 24.2. The fourth-order valence-electron chi connectivity index (χ4n) is 8.34. The first-order valence-corrected chi connectivity index (χ1v) is 20.7. The predicted molar refractivity (Wildman–Crippen MR) is 192 cm³/mol. The SMILES string of the molecule is C[C@H]1[C@H]([Si](C)(C)O)[C@@H](CC(=O)N(CCO)Cc2ccccc2)O[C@]12C(=O)N(Cc1cccc(N3CCCCCCC3=O)c1)c1ccccc12. The lowest BCUT2D eigenvalue weighted by molar-refractivity contribution is -0.150. The minimum atomic E-state index is -2.98. The van der Waals surface area contributed by atoms with Crippen LogP contribution in [0, 0.1) is 5.92 Å². The van der Waals surface area contributed by atoms with Crippen LogP contribution in [0.25, 0.3) is 0 Å². The molecule has 0 aliphatic carbocycles. The van der Waals surface area contributed by atoms with Gasteiger partial charge < -0.3 is 29.3 Å². The molecule has 0 radical (unpaired) electrons. The topological polar surface area (TPSA) is 111 Å². The monoisotopic (exact) mass is 683 g/mol. The predicted octanol–water partition coefficient (Wildman–Crippen LogP) is 5.74. The molecule has 3 aliphatic heterocycles. The maximum Gasteiger partial charge on any atom is 0.264 e. The summed E-state index contributed by atoms with van der Waals surface area (Å²) in [5.74, 6) is -0.665. The highest BCUT2D eigenvalue weighted by Gasteiger charge is 2.66. The molecule has 0 bridgehead atoms. The number of carbonyl (C=O) groups excluding carboxylic acids is 3. The molecule has 3 aromatic rings. The highest BCUT2D eigenvalue weighted by atomic mass is 28.4. The quantitative estimate of drug-likeness (QED) is 0.264. The maximum absolute atomic E-state index is 14.8. The van der Waals surface area contributed by atoms with Gasteiger partial charge in [-0.15, -0.1) is 0 Å². The van der Waals surface area contributed by atoms with Crippen molar-refractivity contribution in [3.8, 4) is 0 Å². The molecule has 4 atom stereocenters. The third-order valence-corrected chi connectivity index (χ3v) is 13.1. The number of hydrogen-bond acceptors (Lipinski definition) is 6. The second kappa shape index (κ2) is 14.6. The van der Waals surface area contributed by atoms with Gasteiger partial charge in [-0.3, -0.25) is 14.4 Å². The molecule has 6 rings (SSSR count). The van der Waals surface area contributed by atoms with E-state index in [0.29, 0.717) is 26.1 Å². The van der Waals surface area contributed by atoms with Gasteiger partial charge >= 0.3 is 0 Å². The van der Waals surface area contributed by atoms with Crippen molar-refractivity contribution in [3.63, 3.8) is 0 Å². The van der Waals surface area contributed by atoms with Crippen molar-refractivity contribution in [2.24, 2.45) is 5.92 Å². The van der Waals surface area contributed by atoms with Gasteiger partial charge in [-0.1, -0.05) is 80.4 Å². The second-order valence-corrected chi connectivity index (χ2v) is 18.4. The van der Waals surface area contributed by atoms with Gasteiger partial charge in [0.2, 0.25) is 11.8 Å². The third kappa shape index (κ3) is 6.97. The van der Waals surface area contributed by atoms with Gasteiger partial charge in [0, 0.05) is 48.8 Å². The van der Waals surface area contributed by atoms with Crippen LogP contribution in [0.4, 0.5) is 11.4 Å². The highest BCUT2D eigenvalue weighted by Crippen LogP contribution is 2.59. The molecule has 260 valence electrons. The largest absolute Gasteiger partial charge is 0.432 e. The number of rotatable bonds is 10. The second-order valence-electron chi connectivity index (χ2n) is 14.4. The van der Waals surface area contributed by atoms with Crippen molar-refractivity contribution < 1.29 is 29.0 Å². The molecule has 49 heavy (non-hydrogen) atoms. The minimum Gasteiger partial charge on any atom is -0.432 e. The Morgan fingerprint density at radius 2 is 1.67 bits per heavy atom. The Hall–Kier alpha value is -3.83. The summed E-state index contributed by atoms with van der Waals surface area (Å²) in [6, 6.07) is 25.2. The molecule has 2 fully saturated rings. The van der Waals surface area contributed by atoms with E-state index in [0.717, 1.165) is 53.7 Å². The van der Waals surface area contributed by atoms with E-state index in [1.54, 1.807) is 9.80 Å². The average Bonchev–Trinajstić information content (AvgIpc) is 3.49. The van der Waals surface area contributed by atoms with Crippen molar-refractivity contribution in [3.05, 3.63) is 95.6 Å². The third-order valence-electron chi connectivity index (χ3n) is 10.6. The van der Waals surface area contributed by atoms with Gasteiger partial charge in [0.15, 0.2) is 13.9 Å².